The van der Waals surface area contributed by atoms with Crippen molar-refractivity contribution in [3.05, 3.63) is 22.2 Å². The van der Waals surface area contributed by atoms with Crippen LogP contribution in [0.25, 0.3) is 0 Å². The second-order valence-electron chi connectivity index (χ2n) is 2.52. The van der Waals surface area contributed by atoms with Gasteiger partial charge in [0.15, 0.2) is 0 Å². The number of hydrogen-bond acceptors (Lipinski definition) is 5. The Labute approximate surface area is 85.4 Å². The molecule has 0 aliphatic rings. The molecule has 2 N–H and O–H groups in total. The molecule has 0 aromatic heterocycles. The van der Waals surface area contributed by atoms with Crippen LogP contribution in [-0.2, 0) is 0 Å². The van der Waals surface area contributed by atoms with Gasteiger partial charge in [0, 0.05) is 0 Å². The number of nitro groups is 1. The number of ether oxygens (including phenoxy) is 1. The molecule has 0 bridgehead atoms. The number of nitrogens with two attached hydrogens (primary N) is 1. The monoisotopic (exact) mass is 214 g/mol. The largest absolute Gasteiger partial charge is 0.495 e. The summed E-state index contributed by atoms with van der Waals surface area (Å²) in [5, 5.41) is 10.6. The van der Waals surface area contributed by atoms with E-state index in [2.05, 4.69) is 0 Å². The Hall–Kier alpha value is -1.43. The topological polar surface area (TPSA) is 78.4 Å². The average Bonchev–Trinajstić information content (AvgIpc) is 2.16. The third kappa shape index (κ3) is 1.90. The molecule has 0 unspecified atom stereocenters. The molecule has 0 aliphatic heterocycles. The summed E-state index contributed by atoms with van der Waals surface area (Å²) < 4.78 is 5.00. The average molecular weight is 214 g/mol. The highest BCUT2D eigenvalue weighted by Gasteiger charge is 2.15. The molecule has 5 nitrogen and oxygen atoms in total. The molecule has 14 heavy (non-hydrogen) atoms. The Kier molecular flexibility index (Phi) is 3.19. The molecule has 0 saturated heterocycles. The molecule has 0 amide bonds. The van der Waals surface area contributed by atoms with Crippen LogP contribution in [0, 0.1) is 10.1 Å². The van der Waals surface area contributed by atoms with Crippen molar-refractivity contribution >= 4 is 23.1 Å². The molecule has 0 radical (unpaired) electrons. The zero-order valence-electron chi connectivity index (χ0n) is 7.81. The van der Waals surface area contributed by atoms with Crippen LogP contribution >= 0.6 is 11.8 Å². The number of nitrogen functional groups attached to an aromatic ring is 1. The Morgan fingerprint density at radius 1 is 1.57 bits per heavy atom. The van der Waals surface area contributed by atoms with Crippen molar-refractivity contribution in [1.82, 2.24) is 0 Å². The van der Waals surface area contributed by atoms with Crippen LogP contribution in [0.4, 0.5) is 11.4 Å². The van der Waals surface area contributed by atoms with E-state index >= 15 is 0 Å². The van der Waals surface area contributed by atoms with Gasteiger partial charge in [0.2, 0.25) is 0 Å². The van der Waals surface area contributed by atoms with Gasteiger partial charge in [-0.15, -0.1) is 11.8 Å². The number of hydrogen-bond donors (Lipinski definition) is 1. The van der Waals surface area contributed by atoms with Crippen molar-refractivity contribution in [2.24, 2.45) is 0 Å². The van der Waals surface area contributed by atoms with Gasteiger partial charge in [0.25, 0.3) is 5.69 Å². The summed E-state index contributed by atoms with van der Waals surface area (Å²) in [6.45, 7) is 0. The lowest BCUT2D eigenvalue weighted by Crippen LogP contribution is -1.97. The van der Waals surface area contributed by atoms with Crippen LogP contribution in [0.3, 0.4) is 0 Å². The molecule has 1 aromatic carbocycles. The van der Waals surface area contributed by atoms with Gasteiger partial charge in [-0.3, -0.25) is 10.1 Å². The number of rotatable bonds is 3. The van der Waals surface area contributed by atoms with Crippen LogP contribution in [0.5, 0.6) is 5.75 Å². The summed E-state index contributed by atoms with van der Waals surface area (Å²) in [4.78, 5) is 10.8. The fraction of sp³-hybridized carbons (Fsp3) is 0.250. The molecular formula is C8H10N2O3S. The standard InChI is InChI=1S/C8H10N2O3S/c1-13-7-4-6(10(11)12)5(9)3-8(7)14-2/h3-4H,9H2,1-2H3. The summed E-state index contributed by atoms with van der Waals surface area (Å²) in [5.41, 5.74) is 5.54. The summed E-state index contributed by atoms with van der Waals surface area (Å²) in [6.07, 6.45) is 1.85. The van der Waals surface area contributed by atoms with Crippen molar-refractivity contribution in [1.29, 1.82) is 0 Å². The lowest BCUT2D eigenvalue weighted by molar-refractivity contribution is -0.384. The normalized spacial score (nSPS) is 9.86. The van der Waals surface area contributed by atoms with Gasteiger partial charge >= 0.3 is 0 Å². The predicted molar refractivity (Wildman–Crippen MR) is 55.8 cm³/mol. The van der Waals surface area contributed by atoms with Crippen LogP contribution in [0.1, 0.15) is 0 Å². The van der Waals surface area contributed by atoms with Crippen molar-refractivity contribution in [3.63, 3.8) is 0 Å². The van der Waals surface area contributed by atoms with E-state index in [0.717, 1.165) is 4.90 Å². The molecule has 0 saturated carbocycles. The minimum atomic E-state index is -0.526. The summed E-state index contributed by atoms with van der Waals surface area (Å²) >= 11 is 1.43. The minimum absolute atomic E-state index is 0.125. The van der Waals surface area contributed by atoms with E-state index in [0.29, 0.717) is 5.75 Å². The highest BCUT2D eigenvalue weighted by molar-refractivity contribution is 7.98. The Morgan fingerprint density at radius 3 is 2.64 bits per heavy atom. The number of nitro benzene ring substituents is 1. The van der Waals surface area contributed by atoms with Crippen molar-refractivity contribution in [3.8, 4) is 5.75 Å². The molecular weight excluding hydrogens is 204 g/mol. The number of nitrogens with zero attached hydrogens (tertiary/aromatic N) is 1. The zero-order chi connectivity index (χ0) is 10.7. The molecule has 6 heteroatoms. The molecule has 76 valence electrons. The molecule has 0 fully saturated rings. The van der Waals surface area contributed by atoms with E-state index in [4.69, 9.17) is 10.5 Å². The fourth-order valence-corrected chi connectivity index (χ4v) is 1.63. The highest BCUT2D eigenvalue weighted by atomic mass is 32.2. The van der Waals surface area contributed by atoms with Crippen LogP contribution in [0.15, 0.2) is 17.0 Å². The Bertz CT molecular complexity index is 368. The van der Waals surface area contributed by atoms with E-state index in [1.54, 1.807) is 6.07 Å². The zero-order valence-corrected chi connectivity index (χ0v) is 8.63. The summed E-state index contributed by atoms with van der Waals surface area (Å²) in [6, 6.07) is 2.88. The first kappa shape index (κ1) is 10.6. The third-order valence-corrected chi connectivity index (χ3v) is 2.49. The van der Waals surface area contributed by atoms with Gasteiger partial charge in [-0.25, -0.2) is 0 Å². The smallest absolute Gasteiger partial charge is 0.295 e. The van der Waals surface area contributed by atoms with E-state index in [-0.39, 0.29) is 11.4 Å². The van der Waals surface area contributed by atoms with Crippen molar-refractivity contribution < 1.29 is 9.66 Å². The highest BCUT2D eigenvalue weighted by Crippen LogP contribution is 2.35. The Balaban J connectivity index is 3.30. The molecule has 0 spiro atoms. The van der Waals surface area contributed by atoms with E-state index < -0.39 is 4.92 Å². The number of methoxy groups -OCH3 is 1. The molecule has 0 aliphatic carbocycles. The quantitative estimate of drug-likeness (QED) is 0.360. The lowest BCUT2D eigenvalue weighted by atomic mass is 10.2. The lowest BCUT2D eigenvalue weighted by Gasteiger charge is -2.06. The second-order valence-corrected chi connectivity index (χ2v) is 3.37. The SMILES string of the molecule is COc1cc([N+](=O)[O-])c(N)cc1SC. The number of benzene rings is 1. The molecule has 0 atom stereocenters. The minimum Gasteiger partial charge on any atom is -0.495 e. The molecule has 1 aromatic rings. The number of anilines is 1. The van der Waals surface area contributed by atoms with Gasteiger partial charge in [0.1, 0.15) is 11.4 Å². The maximum atomic E-state index is 10.6. The van der Waals surface area contributed by atoms with E-state index in [9.17, 15) is 10.1 Å². The van der Waals surface area contributed by atoms with Crippen LogP contribution < -0.4 is 10.5 Å². The van der Waals surface area contributed by atoms with Gasteiger partial charge in [-0.2, -0.15) is 0 Å². The van der Waals surface area contributed by atoms with Gasteiger partial charge in [-0.05, 0) is 12.3 Å². The maximum absolute atomic E-state index is 10.6. The van der Waals surface area contributed by atoms with Gasteiger partial charge in [-0.1, -0.05) is 0 Å². The van der Waals surface area contributed by atoms with E-state index in [1.165, 1.54) is 24.9 Å². The predicted octanol–water partition coefficient (Wildman–Crippen LogP) is 1.91. The molecule has 0 heterocycles. The summed E-state index contributed by atoms with van der Waals surface area (Å²) in [7, 11) is 1.47. The second kappa shape index (κ2) is 4.19. The van der Waals surface area contributed by atoms with Crippen LogP contribution in [0.2, 0.25) is 0 Å². The van der Waals surface area contributed by atoms with Gasteiger partial charge in [0.05, 0.1) is 23.0 Å². The third-order valence-electron chi connectivity index (χ3n) is 1.73. The van der Waals surface area contributed by atoms with E-state index in [1.807, 2.05) is 6.26 Å². The molecule has 1 rings (SSSR count). The van der Waals surface area contributed by atoms with Crippen molar-refractivity contribution in [2.45, 2.75) is 4.90 Å². The fourth-order valence-electron chi connectivity index (χ4n) is 1.04. The maximum Gasteiger partial charge on any atom is 0.295 e. The van der Waals surface area contributed by atoms with Crippen molar-refractivity contribution in [2.75, 3.05) is 19.1 Å². The summed E-state index contributed by atoms with van der Waals surface area (Å²) in [5.74, 6) is 0.471. The number of thioether (sulfide) groups is 1. The van der Waals surface area contributed by atoms with Crippen LogP contribution in [-0.4, -0.2) is 18.3 Å². The first-order chi connectivity index (χ1) is 6.60. The first-order valence-electron chi connectivity index (χ1n) is 3.76. The van der Waals surface area contributed by atoms with Gasteiger partial charge < -0.3 is 10.5 Å². The Morgan fingerprint density at radius 2 is 2.21 bits per heavy atom. The first-order valence-corrected chi connectivity index (χ1v) is 4.98.